The van der Waals surface area contributed by atoms with Crippen LogP contribution < -0.4 is 10.1 Å². The van der Waals surface area contributed by atoms with E-state index in [9.17, 15) is 4.79 Å². The zero-order valence-electron chi connectivity index (χ0n) is 14.1. The highest BCUT2D eigenvalue weighted by molar-refractivity contribution is 6.32. The molecule has 1 aliphatic rings. The van der Waals surface area contributed by atoms with Crippen molar-refractivity contribution in [2.45, 2.75) is 13.0 Å². The van der Waals surface area contributed by atoms with Gasteiger partial charge in [-0.3, -0.25) is 4.79 Å². The topological polar surface area (TPSA) is 50.8 Å². The summed E-state index contributed by atoms with van der Waals surface area (Å²) < 4.78 is 11.0. The molecule has 0 aromatic heterocycles. The largest absolute Gasteiger partial charge is 0.456 e. The molecule has 5 nitrogen and oxygen atoms in total. The molecule has 2 aromatic rings. The third-order valence-electron chi connectivity index (χ3n) is 4.00. The van der Waals surface area contributed by atoms with Crippen molar-refractivity contribution in [2.75, 3.05) is 31.6 Å². The van der Waals surface area contributed by atoms with Crippen LogP contribution in [0.5, 0.6) is 11.5 Å². The molecule has 1 amide bonds. The number of nitrogens with zero attached hydrogens (tertiary/aromatic N) is 1. The highest BCUT2D eigenvalue weighted by atomic mass is 35.5. The van der Waals surface area contributed by atoms with Gasteiger partial charge in [0.15, 0.2) is 0 Å². The van der Waals surface area contributed by atoms with E-state index in [4.69, 9.17) is 21.1 Å². The van der Waals surface area contributed by atoms with Crippen molar-refractivity contribution >= 4 is 23.2 Å². The van der Waals surface area contributed by atoms with E-state index in [1.165, 1.54) is 0 Å². The number of carbonyl (C=O) groups is 1. The predicted octanol–water partition coefficient (Wildman–Crippen LogP) is 3.79. The second kappa shape index (κ2) is 8.23. The molecule has 2 aromatic carbocycles. The van der Waals surface area contributed by atoms with Crippen LogP contribution in [0.3, 0.4) is 0 Å². The lowest BCUT2D eigenvalue weighted by Crippen LogP contribution is -2.46. The Morgan fingerprint density at radius 1 is 1.16 bits per heavy atom. The number of morpholine rings is 1. The maximum Gasteiger partial charge on any atom is 0.244 e. The molecule has 6 heteroatoms. The molecule has 3 rings (SSSR count). The molecule has 1 saturated heterocycles. The van der Waals surface area contributed by atoms with Crippen LogP contribution >= 0.6 is 11.6 Å². The van der Waals surface area contributed by atoms with Gasteiger partial charge in [0, 0.05) is 18.8 Å². The van der Waals surface area contributed by atoms with Crippen LogP contribution in [0, 0.1) is 0 Å². The van der Waals surface area contributed by atoms with Gasteiger partial charge in [0.05, 0.1) is 18.2 Å². The van der Waals surface area contributed by atoms with Gasteiger partial charge in [-0.2, -0.15) is 0 Å². The Labute approximate surface area is 152 Å². The zero-order valence-corrected chi connectivity index (χ0v) is 14.8. The molecule has 0 unspecified atom stereocenters. The summed E-state index contributed by atoms with van der Waals surface area (Å²) in [6.07, 6.45) is 0. The van der Waals surface area contributed by atoms with Gasteiger partial charge >= 0.3 is 0 Å². The fourth-order valence-electron chi connectivity index (χ4n) is 2.64. The van der Waals surface area contributed by atoms with Gasteiger partial charge in [-0.05, 0) is 43.3 Å². The first-order valence-electron chi connectivity index (χ1n) is 8.29. The molecule has 1 atom stereocenters. The maximum atomic E-state index is 12.4. The van der Waals surface area contributed by atoms with Gasteiger partial charge in [0.25, 0.3) is 0 Å². The van der Waals surface area contributed by atoms with Crippen molar-refractivity contribution in [3.05, 3.63) is 53.6 Å². The Morgan fingerprint density at radius 3 is 2.52 bits per heavy atom. The Hall–Kier alpha value is -2.24. The quantitative estimate of drug-likeness (QED) is 0.881. The van der Waals surface area contributed by atoms with Gasteiger partial charge < -0.3 is 19.7 Å². The normalized spacial score (nSPS) is 15.5. The highest BCUT2D eigenvalue weighted by Crippen LogP contribution is 2.29. The summed E-state index contributed by atoms with van der Waals surface area (Å²) in [7, 11) is 0. The van der Waals surface area contributed by atoms with Crippen LogP contribution in [0.1, 0.15) is 6.92 Å². The summed E-state index contributed by atoms with van der Waals surface area (Å²) >= 11 is 6.09. The van der Waals surface area contributed by atoms with Gasteiger partial charge in [0.1, 0.15) is 17.5 Å². The molecule has 1 fully saturated rings. The first-order chi connectivity index (χ1) is 12.1. The van der Waals surface area contributed by atoms with E-state index in [0.29, 0.717) is 42.8 Å². The second-order valence-electron chi connectivity index (χ2n) is 5.86. The lowest BCUT2D eigenvalue weighted by atomic mass is 10.2. The van der Waals surface area contributed by atoms with E-state index in [-0.39, 0.29) is 11.9 Å². The summed E-state index contributed by atoms with van der Waals surface area (Å²) in [5.74, 6) is 1.38. The van der Waals surface area contributed by atoms with E-state index in [0.717, 1.165) is 5.69 Å². The summed E-state index contributed by atoms with van der Waals surface area (Å²) in [6.45, 7) is 4.37. The lowest BCUT2D eigenvalue weighted by molar-refractivity contribution is -0.135. The number of para-hydroxylation sites is 1. The molecule has 0 spiro atoms. The molecular weight excluding hydrogens is 340 g/mol. The van der Waals surface area contributed by atoms with Crippen LogP contribution in [0.4, 0.5) is 5.69 Å². The van der Waals surface area contributed by atoms with Crippen molar-refractivity contribution in [3.63, 3.8) is 0 Å². The number of halogens is 1. The smallest absolute Gasteiger partial charge is 0.244 e. The first kappa shape index (κ1) is 17.6. The van der Waals surface area contributed by atoms with Crippen molar-refractivity contribution in [2.24, 2.45) is 0 Å². The minimum Gasteiger partial charge on any atom is -0.456 e. The zero-order chi connectivity index (χ0) is 17.6. The van der Waals surface area contributed by atoms with Gasteiger partial charge in [-0.25, -0.2) is 0 Å². The second-order valence-corrected chi connectivity index (χ2v) is 6.27. The standard InChI is InChI=1S/C19H21ClN2O3/c1-14(19(23)22-10-12-24-13-11-22)21-15-6-8-16(9-7-15)25-18-5-3-2-4-17(18)20/h2-9,14,21H,10-13H2,1H3/t14-/m1/s1. The number of rotatable bonds is 5. The fourth-order valence-corrected chi connectivity index (χ4v) is 2.82. The Balaban J connectivity index is 1.58. The van der Waals surface area contributed by atoms with E-state index in [1.807, 2.05) is 54.3 Å². The Morgan fingerprint density at radius 2 is 1.84 bits per heavy atom. The van der Waals surface area contributed by atoms with Crippen LogP contribution in [-0.2, 0) is 9.53 Å². The molecule has 0 saturated carbocycles. The number of carbonyl (C=O) groups excluding carboxylic acids is 1. The number of benzene rings is 2. The lowest BCUT2D eigenvalue weighted by Gasteiger charge is -2.29. The monoisotopic (exact) mass is 360 g/mol. The summed E-state index contributed by atoms with van der Waals surface area (Å²) in [5, 5.41) is 3.79. The van der Waals surface area contributed by atoms with Crippen molar-refractivity contribution in [1.29, 1.82) is 0 Å². The average Bonchev–Trinajstić information content (AvgIpc) is 2.65. The van der Waals surface area contributed by atoms with Gasteiger partial charge in [-0.15, -0.1) is 0 Å². The SMILES string of the molecule is C[C@@H](Nc1ccc(Oc2ccccc2Cl)cc1)C(=O)N1CCOCC1. The van der Waals surface area contributed by atoms with Crippen LogP contribution in [0.25, 0.3) is 0 Å². The molecule has 25 heavy (non-hydrogen) atoms. The molecular formula is C19H21ClN2O3. The van der Waals surface area contributed by atoms with Crippen molar-refractivity contribution in [3.8, 4) is 11.5 Å². The number of amides is 1. The molecule has 0 bridgehead atoms. The van der Waals surface area contributed by atoms with Gasteiger partial charge in [0.2, 0.25) is 5.91 Å². The average molecular weight is 361 g/mol. The van der Waals surface area contributed by atoms with Crippen LogP contribution in [0.15, 0.2) is 48.5 Å². The number of anilines is 1. The molecule has 1 N–H and O–H groups in total. The maximum absolute atomic E-state index is 12.4. The number of hydrogen-bond donors (Lipinski definition) is 1. The molecule has 1 heterocycles. The Kier molecular flexibility index (Phi) is 5.79. The van der Waals surface area contributed by atoms with E-state index in [1.54, 1.807) is 6.07 Å². The molecule has 132 valence electrons. The van der Waals surface area contributed by atoms with Crippen LogP contribution in [-0.4, -0.2) is 43.2 Å². The fraction of sp³-hybridized carbons (Fsp3) is 0.316. The summed E-state index contributed by atoms with van der Waals surface area (Å²) in [5.41, 5.74) is 0.862. The number of nitrogens with one attached hydrogen (secondary N) is 1. The minimum absolute atomic E-state index is 0.0830. The summed E-state index contributed by atoms with van der Waals surface area (Å²) in [4.78, 5) is 14.2. The van der Waals surface area contributed by atoms with Gasteiger partial charge in [-0.1, -0.05) is 23.7 Å². The molecule has 1 aliphatic heterocycles. The molecule has 0 aliphatic carbocycles. The molecule has 0 radical (unpaired) electrons. The van der Waals surface area contributed by atoms with Crippen molar-refractivity contribution in [1.82, 2.24) is 4.90 Å². The van der Waals surface area contributed by atoms with Crippen LogP contribution in [0.2, 0.25) is 5.02 Å². The highest BCUT2D eigenvalue weighted by Gasteiger charge is 2.22. The number of ether oxygens (including phenoxy) is 2. The number of hydrogen-bond acceptors (Lipinski definition) is 4. The van der Waals surface area contributed by atoms with E-state index >= 15 is 0 Å². The Bertz CT molecular complexity index is 715. The first-order valence-corrected chi connectivity index (χ1v) is 8.67. The predicted molar refractivity (Wildman–Crippen MR) is 98.5 cm³/mol. The summed E-state index contributed by atoms with van der Waals surface area (Å²) in [6, 6.07) is 14.5. The third kappa shape index (κ3) is 4.65. The van der Waals surface area contributed by atoms with E-state index < -0.39 is 0 Å². The van der Waals surface area contributed by atoms with E-state index in [2.05, 4.69) is 5.32 Å². The minimum atomic E-state index is -0.298. The third-order valence-corrected chi connectivity index (χ3v) is 4.31. The van der Waals surface area contributed by atoms with Crippen molar-refractivity contribution < 1.29 is 14.3 Å².